The van der Waals surface area contributed by atoms with Crippen LogP contribution in [0.5, 0.6) is 0 Å². The van der Waals surface area contributed by atoms with Gasteiger partial charge in [0.15, 0.2) is 0 Å². The molecule has 0 aliphatic carbocycles. The molecule has 3 aromatic rings. The first kappa shape index (κ1) is 13.4. The third-order valence-electron chi connectivity index (χ3n) is 3.53. The van der Waals surface area contributed by atoms with E-state index >= 15 is 0 Å². The normalized spacial score (nSPS) is 10.8. The summed E-state index contributed by atoms with van der Waals surface area (Å²) in [5.74, 6) is -0.241. The SMILES string of the molecule is CCN(c1ccc(F)cc1)c1ccc(N)c2cccnc12. The summed E-state index contributed by atoms with van der Waals surface area (Å²) in [6.07, 6.45) is 1.75. The summed E-state index contributed by atoms with van der Waals surface area (Å²) in [7, 11) is 0. The maximum atomic E-state index is 13.1. The average molecular weight is 281 g/mol. The Hall–Kier alpha value is -2.62. The van der Waals surface area contributed by atoms with Crippen molar-refractivity contribution in [2.75, 3.05) is 17.2 Å². The lowest BCUT2D eigenvalue weighted by atomic mass is 10.1. The maximum absolute atomic E-state index is 13.1. The number of benzene rings is 2. The number of hydrogen-bond donors (Lipinski definition) is 1. The van der Waals surface area contributed by atoms with Gasteiger partial charge in [0.05, 0.1) is 11.2 Å². The van der Waals surface area contributed by atoms with Crippen LogP contribution in [0.4, 0.5) is 21.5 Å². The summed E-state index contributed by atoms with van der Waals surface area (Å²) >= 11 is 0. The summed E-state index contributed by atoms with van der Waals surface area (Å²) < 4.78 is 13.1. The Morgan fingerprint density at radius 2 is 1.86 bits per heavy atom. The molecule has 0 aliphatic rings. The quantitative estimate of drug-likeness (QED) is 0.734. The first-order valence-corrected chi connectivity index (χ1v) is 6.87. The number of hydrogen-bond acceptors (Lipinski definition) is 3. The van der Waals surface area contributed by atoms with E-state index in [1.807, 2.05) is 24.3 Å². The molecular weight excluding hydrogens is 265 g/mol. The van der Waals surface area contributed by atoms with Crippen LogP contribution in [-0.4, -0.2) is 11.5 Å². The van der Waals surface area contributed by atoms with E-state index in [1.165, 1.54) is 12.1 Å². The predicted molar refractivity (Wildman–Crippen MR) is 85.2 cm³/mol. The highest BCUT2D eigenvalue weighted by Crippen LogP contribution is 2.33. The fourth-order valence-corrected chi connectivity index (χ4v) is 2.51. The molecule has 0 atom stereocenters. The van der Waals surface area contributed by atoms with E-state index in [0.717, 1.165) is 28.8 Å². The van der Waals surface area contributed by atoms with Gasteiger partial charge in [-0.25, -0.2) is 4.39 Å². The number of pyridine rings is 1. The van der Waals surface area contributed by atoms with E-state index in [2.05, 4.69) is 16.8 Å². The Morgan fingerprint density at radius 1 is 1.10 bits per heavy atom. The molecule has 0 fully saturated rings. The molecule has 2 aromatic carbocycles. The standard InChI is InChI=1S/C17H16FN3/c1-2-21(13-7-5-12(18)6-8-13)16-10-9-15(19)14-4-3-11-20-17(14)16/h3-11H,2,19H2,1H3. The van der Waals surface area contributed by atoms with Crippen LogP contribution < -0.4 is 10.6 Å². The number of halogens is 1. The second-order valence-corrected chi connectivity index (χ2v) is 4.79. The molecule has 0 saturated heterocycles. The van der Waals surface area contributed by atoms with Crippen LogP contribution in [-0.2, 0) is 0 Å². The molecule has 0 bridgehead atoms. The summed E-state index contributed by atoms with van der Waals surface area (Å²) in [5, 5.41) is 0.926. The molecule has 2 N–H and O–H groups in total. The monoisotopic (exact) mass is 281 g/mol. The van der Waals surface area contributed by atoms with Crippen LogP contribution >= 0.6 is 0 Å². The Bertz CT molecular complexity index is 769. The van der Waals surface area contributed by atoms with Crippen molar-refractivity contribution >= 4 is 28.0 Å². The second-order valence-electron chi connectivity index (χ2n) is 4.79. The van der Waals surface area contributed by atoms with Gasteiger partial charge in [0.25, 0.3) is 0 Å². The van der Waals surface area contributed by atoms with Crippen LogP contribution in [0.3, 0.4) is 0 Å². The fraction of sp³-hybridized carbons (Fsp3) is 0.118. The van der Waals surface area contributed by atoms with Gasteiger partial charge in [0.2, 0.25) is 0 Å². The number of nitrogens with zero attached hydrogens (tertiary/aromatic N) is 2. The third-order valence-corrected chi connectivity index (χ3v) is 3.53. The summed E-state index contributed by atoms with van der Waals surface area (Å²) in [6, 6.07) is 14.1. The first-order chi connectivity index (χ1) is 10.2. The lowest BCUT2D eigenvalue weighted by molar-refractivity contribution is 0.628. The van der Waals surface area contributed by atoms with Crippen molar-refractivity contribution in [1.29, 1.82) is 0 Å². The average Bonchev–Trinajstić information content (AvgIpc) is 2.52. The summed E-state index contributed by atoms with van der Waals surface area (Å²) in [6.45, 7) is 2.80. The smallest absolute Gasteiger partial charge is 0.123 e. The summed E-state index contributed by atoms with van der Waals surface area (Å²) in [5.41, 5.74) is 9.47. The van der Waals surface area contributed by atoms with Crippen LogP contribution in [0, 0.1) is 5.82 Å². The van der Waals surface area contributed by atoms with Gasteiger partial charge in [-0.15, -0.1) is 0 Å². The van der Waals surface area contributed by atoms with E-state index in [9.17, 15) is 4.39 Å². The highest BCUT2D eigenvalue weighted by atomic mass is 19.1. The molecule has 0 unspecified atom stereocenters. The zero-order chi connectivity index (χ0) is 14.8. The second kappa shape index (κ2) is 5.40. The van der Waals surface area contributed by atoms with E-state index in [0.29, 0.717) is 5.69 Å². The molecule has 21 heavy (non-hydrogen) atoms. The molecule has 1 heterocycles. The number of nitrogen functional groups attached to an aromatic ring is 1. The Labute approximate surface area is 122 Å². The number of anilines is 3. The van der Waals surface area contributed by atoms with Crippen molar-refractivity contribution in [3.8, 4) is 0 Å². The largest absolute Gasteiger partial charge is 0.398 e. The van der Waals surface area contributed by atoms with Crippen molar-refractivity contribution in [2.45, 2.75) is 6.92 Å². The topological polar surface area (TPSA) is 42.1 Å². The van der Waals surface area contributed by atoms with Crippen molar-refractivity contribution in [3.63, 3.8) is 0 Å². The van der Waals surface area contributed by atoms with Crippen LogP contribution in [0.1, 0.15) is 6.92 Å². The van der Waals surface area contributed by atoms with Crippen molar-refractivity contribution in [2.24, 2.45) is 0 Å². The molecule has 3 nitrogen and oxygen atoms in total. The zero-order valence-electron chi connectivity index (χ0n) is 11.8. The molecule has 0 radical (unpaired) electrons. The van der Waals surface area contributed by atoms with Gasteiger partial charge < -0.3 is 10.6 Å². The molecule has 0 saturated carbocycles. The number of aromatic nitrogens is 1. The lowest BCUT2D eigenvalue weighted by Gasteiger charge is -2.24. The molecule has 3 rings (SSSR count). The van der Waals surface area contributed by atoms with Gasteiger partial charge in [-0.05, 0) is 55.5 Å². The van der Waals surface area contributed by atoms with Gasteiger partial charge in [-0.3, -0.25) is 4.98 Å². The number of fused-ring (bicyclic) bond motifs is 1. The molecule has 0 aliphatic heterocycles. The minimum Gasteiger partial charge on any atom is -0.398 e. The molecule has 4 heteroatoms. The lowest BCUT2D eigenvalue weighted by Crippen LogP contribution is -2.16. The Morgan fingerprint density at radius 3 is 2.57 bits per heavy atom. The highest BCUT2D eigenvalue weighted by Gasteiger charge is 2.13. The first-order valence-electron chi connectivity index (χ1n) is 6.87. The molecule has 1 aromatic heterocycles. The van der Waals surface area contributed by atoms with Gasteiger partial charge >= 0.3 is 0 Å². The van der Waals surface area contributed by atoms with Crippen molar-refractivity contribution in [3.05, 3.63) is 60.5 Å². The van der Waals surface area contributed by atoms with Gasteiger partial charge in [-0.1, -0.05) is 0 Å². The van der Waals surface area contributed by atoms with E-state index in [1.54, 1.807) is 18.3 Å². The molecule has 106 valence electrons. The Balaban J connectivity index is 2.17. The van der Waals surface area contributed by atoms with E-state index < -0.39 is 0 Å². The van der Waals surface area contributed by atoms with Gasteiger partial charge in [0, 0.05) is 29.5 Å². The highest BCUT2D eigenvalue weighted by molar-refractivity contribution is 5.99. The van der Waals surface area contributed by atoms with Crippen LogP contribution in [0.25, 0.3) is 10.9 Å². The van der Waals surface area contributed by atoms with Gasteiger partial charge in [-0.2, -0.15) is 0 Å². The summed E-state index contributed by atoms with van der Waals surface area (Å²) in [4.78, 5) is 6.55. The van der Waals surface area contributed by atoms with Crippen molar-refractivity contribution < 1.29 is 4.39 Å². The number of nitrogens with two attached hydrogens (primary N) is 1. The molecular formula is C17H16FN3. The van der Waals surface area contributed by atoms with E-state index in [-0.39, 0.29) is 5.82 Å². The fourth-order valence-electron chi connectivity index (χ4n) is 2.51. The predicted octanol–water partition coefficient (Wildman–Crippen LogP) is 4.11. The van der Waals surface area contributed by atoms with Crippen molar-refractivity contribution in [1.82, 2.24) is 4.98 Å². The third kappa shape index (κ3) is 2.40. The van der Waals surface area contributed by atoms with Crippen LogP contribution in [0.15, 0.2) is 54.7 Å². The molecule has 0 spiro atoms. The van der Waals surface area contributed by atoms with Gasteiger partial charge in [0.1, 0.15) is 5.82 Å². The Kier molecular flexibility index (Phi) is 3.44. The molecule has 0 amide bonds. The van der Waals surface area contributed by atoms with Crippen LogP contribution in [0.2, 0.25) is 0 Å². The number of rotatable bonds is 3. The maximum Gasteiger partial charge on any atom is 0.123 e. The minimum absolute atomic E-state index is 0.241. The van der Waals surface area contributed by atoms with E-state index in [4.69, 9.17) is 5.73 Å². The zero-order valence-corrected chi connectivity index (χ0v) is 11.8. The minimum atomic E-state index is -0.241.